The van der Waals surface area contributed by atoms with Crippen molar-refractivity contribution in [3.63, 3.8) is 0 Å². The number of aliphatic carboxylic acids is 1. The molecule has 0 spiro atoms. The van der Waals surface area contributed by atoms with E-state index in [1.165, 1.54) is 32.1 Å². The first kappa shape index (κ1) is 29.5. The molecule has 0 heterocycles. The Labute approximate surface area is 220 Å². The lowest BCUT2D eigenvalue weighted by molar-refractivity contribution is -0.192. The van der Waals surface area contributed by atoms with Crippen molar-refractivity contribution < 1.29 is 36.3 Å². The van der Waals surface area contributed by atoms with Crippen LogP contribution < -0.4 is 10.0 Å². The molecule has 38 heavy (non-hydrogen) atoms. The highest BCUT2D eigenvalue weighted by molar-refractivity contribution is 7.92. The summed E-state index contributed by atoms with van der Waals surface area (Å²) in [5.41, 5.74) is 2.76. The number of carboxylic acid groups (broad SMARTS) is 1. The van der Waals surface area contributed by atoms with Gasteiger partial charge in [0, 0.05) is 12.2 Å². The third-order valence-corrected chi connectivity index (χ3v) is 8.55. The predicted molar refractivity (Wildman–Crippen MR) is 137 cm³/mol. The van der Waals surface area contributed by atoms with Gasteiger partial charge in [-0.15, -0.1) is 0 Å². The molecular weight excluding hydrogens is 521 g/mol. The molecule has 3 N–H and O–H groups in total. The van der Waals surface area contributed by atoms with Gasteiger partial charge in [0.25, 0.3) is 10.0 Å². The van der Waals surface area contributed by atoms with E-state index >= 15 is 0 Å². The molecule has 2 aromatic carbocycles. The minimum Gasteiger partial charge on any atom is -0.475 e. The van der Waals surface area contributed by atoms with E-state index < -0.39 is 27.6 Å². The number of aryl methyl sites for hydroxylation is 2. The average Bonchev–Trinajstić information content (AvgIpc) is 3.65. The Bertz CT molecular complexity index is 1250. The summed E-state index contributed by atoms with van der Waals surface area (Å²) in [6, 6.07) is 12.6. The van der Waals surface area contributed by atoms with Crippen molar-refractivity contribution in [3.05, 3.63) is 59.2 Å². The Morgan fingerprint density at radius 2 is 1.58 bits per heavy atom. The Morgan fingerprint density at radius 3 is 2.08 bits per heavy atom. The molecule has 208 valence electrons. The lowest BCUT2D eigenvalue weighted by atomic mass is 9.88. The van der Waals surface area contributed by atoms with Gasteiger partial charge in [-0.05, 0) is 74.8 Å². The van der Waals surface area contributed by atoms with E-state index in [0.717, 1.165) is 36.1 Å². The Kier molecular flexibility index (Phi) is 9.12. The highest BCUT2D eigenvalue weighted by atomic mass is 32.2. The van der Waals surface area contributed by atoms with E-state index in [-0.39, 0.29) is 10.8 Å². The Hall–Kier alpha value is -3.08. The molecule has 4 rings (SSSR count). The van der Waals surface area contributed by atoms with Crippen LogP contribution >= 0.6 is 0 Å². The highest BCUT2D eigenvalue weighted by Crippen LogP contribution is 2.48. The zero-order chi connectivity index (χ0) is 28.1. The van der Waals surface area contributed by atoms with Gasteiger partial charge in [0.15, 0.2) is 0 Å². The Balaban J connectivity index is 0.000000505. The molecule has 0 saturated heterocycles. The number of rotatable bonds is 7. The average molecular weight is 555 g/mol. The summed E-state index contributed by atoms with van der Waals surface area (Å²) in [7, 11) is -3.66. The van der Waals surface area contributed by atoms with E-state index in [0.29, 0.717) is 11.6 Å². The normalized spacial score (nSPS) is 17.1. The fourth-order valence-electron chi connectivity index (χ4n) is 4.74. The summed E-state index contributed by atoms with van der Waals surface area (Å²) in [6.45, 7) is 4.51. The molecule has 2 aromatic rings. The van der Waals surface area contributed by atoms with Crippen LogP contribution in [-0.4, -0.2) is 38.1 Å². The molecule has 0 aromatic heterocycles. The van der Waals surface area contributed by atoms with E-state index in [1.54, 1.807) is 31.2 Å². The van der Waals surface area contributed by atoms with Gasteiger partial charge in [-0.1, -0.05) is 49.1 Å². The molecule has 0 bridgehead atoms. The number of anilines is 1. The standard InChI is InChI=1S/C25H32N2O3S.C2HF3O2/c1-18-8-13-23(19(2)16-18)31(29,30)27-22-11-9-21(10-12-22)25(14-15-25)24(28)26-17-20-6-4-3-5-7-20;3-2(4,5)1(6)7/h8-13,16,20,27H,3-7,14-15,17H2,1-2H3,(H,26,28);(H,6,7). The van der Waals surface area contributed by atoms with Crippen molar-refractivity contribution in [2.75, 3.05) is 11.3 Å². The van der Waals surface area contributed by atoms with Gasteiger partial charge >= 0.3 is 12.1 Å². The first-order chi connectivity index (χ1) is 17.7. The van der Waals surface area contributed by atoms with Gasteiger partial charge in [0.05, 0.1) is 10.3 Å². The number of hydrogen-bond donors (Lipinski definition) is 3. The number of carboxylic acids is 1. The maximum atomic E-state index is 12.9. The number of alkyl halides is 3. The molecule has 11 heteroatoms. The summed E-state index contributed by atoms with van der Waals surface area (Å²) in [5.74, 6) is -2.04. The second-order valence-electron chi connectivity index (χ2n) is 10.1. The Morgan fingerprint density at radius 1 is 1.00 bits per heavy atom. The van der Waals surface area contributed by atoms with Gasteiger partial charge in [-0.2, -0.15) is 13.2 Å². The van der Waals surface area contributed by atoms with Crippen LogP contribution in [0, 0.1) is 19.8 Å². The molecule has 1 amide bonds. The maximum Gasteiger partial charge on any atom is 0.490 e. The molecule has 7 nitrogen and oxygen atoms in total. The van der Waals surface area contributed by atoms with Crippen molar-refractivity contribution in [1.29, 1.82) is 0 Å². The minimum atomic E-state index is -5.08. The topological polar surface area (TPSA) is 113 Å². The fraction of sp³-hybridized carbons (Fsp3) is 0.481. The van der Waals surface area contributed by atoms with Gasteiger partial charge < -0.3 is 10.4 Å². The summed E-state index contributed by atoms with van der Waals surface area (Å²) in [6.07, 6.45) is 2.88. The van der Waals surface area contributed by atoms with Crippen molar-refractivity contribution in [2.45, 2.75) is 75.3 Å². The van der Waals surface area contributed by atoms with Crippen LogP contribution in [0.25, 0.3) is 0 Å². The first-order valence-corrected chi connectivity index (χ1v) is 14.0. The first-order valence-electron chi connectivity index (χ1n) is 12.5. The molecule has 2 aliphatic rings. The van der Waals surface area contributed by atoms with Crippen LogP contribution in [0.5, 0.6) is 0 Å². The highest BCUT2D eigenvalue weighted by Gasteiger charge is 2.51. The quantitative estimate of drug-likeness (QED) is 0.421. The van der Waals surface area contributed by atoms with Gasteiger partial charge in [-0.3, -0.25) is 9.52 Å². The molecule has 2 aliphatic carbocycles. The maximum absolute atomic E-state index is 12.9. The number of sulfonamides is 1. The molecule has 0 atom stereocenters. The fourth-order valence-corrected chi connectivity index (χ4v) is 6.02. The summed E-state index contributed by atoms with van der Waals surface area (Å²) < 4.78 is 60.0. The zero-order valence-electron chi connectivity index (χ0n) is 21.4. The second kappa shape index (κ2) is 11.8. The third kappa shape index (κ3) is 7.49. The smallest absolute Gasteiger partial charge is 0.475 e. The molecule has 0 unspecified atom stereocenters. The third-order valence-electron chi connectivity index (χ3n) is 7.01. The minimum absolute atomic E-state index is 0.113. The van der Waals surface area contributed by atoms with Crippen LogP contribution in [0.2, 0.25) is 0 Å². The van der Waals surface area contributed by atoms with E-state index in [1.807, 2.05) is 25.1 Å². The van der Waals surface area contributed by atoms with Crippen molar-refractivity contribution >= 4 is 27.6 Å². The monoisotopic (exact) mass is 554 g/mol. The summed E-state index contributed by atoms with van der Waals surface area (Å²) >= 11 is 0. The number of nitrogens with one attached hydrogen (secondary N) is 2. The lowest BCUT2D eigenvalue weighted by Crippen LogP contribution is -2.38. The van der Waals surface area contributed by atoms with E-state index in [2.05, 4.69) is 10.0 Å². The number of hydrogen-bond acceptors (Lipinski definition) is 4. The molecule has 2 saturated carbocycles. The van der Waals surface area contributed by atoms with Crippen molar-refractivity contribution in [2.24, 2.45) is 5.92 Å². The van der Waals surface area contributed by atoms with Crippen LogP contribution in [0.1, 0.15) is 61.6 Å². The number of carbonyl (C=O) groups is 2. The van der Waals surface area contributed by atoms with E-state index in [9.17, 15) is 26.4 Å². The predicted octanol–water partition coefficient (Wildman–Crippen LogP) is 5.47. The van der Waals surface area contributed by atoms with Crippen LogP contribution in [0.3, 0.4) is 0 Å². The molecule has 2 fully saturated rings. The lowest BCUT2D eigenvalue weighted by Gasteiger charge is -2.23. The molecular formula is C27H33F3N2O5S. The summed E-state index contributed by atoms with van der Waals surface area (Å²) in [5, 5.41) is 10.3. The van der Waals surface area contributed by atoms with Gasteiger partial charge in [-0.25, -0.2) is 13.2 Å². The van der Waals surface area contributed by atoms with Gasteiger partial charge in [0.1, 0.15) is 0 Å². The largest absolute Gasteiger partial charge is 0.490 e. The van der Waals surface area contributed by atoms with Crippen molar-refractivity contribution in [1.82, 2.24) is 5.32 Å². The van der Waals surface area contributed by atoms with Crippen LogP contribution in [0.4, 0.5) is 18.9 Å². The van der Waals surface area contributed by atoms with Crippen molar-refractivity contribution in [3.8, 4) is 0 Å². The SMILES string of the molecule is Cc1ccc(S(=O)(=O)Nc2ccc(C3(C(=O)NCC4CCCCC4)CC3)cc2)c(C)c1.O=C(O)C(F)(F)F. The number of benzene rings is 2. The molecule has 0 aliphatic heterocycles. The van der Waals surface area contributed by atoms with E-state index in [4.69, 9.17) is 9.90 Å². The second-order valence-corrected chi connectivity index (χ2v) is 11.7. The zero-order valence-corrected chi connectivity index (χ0v) is 22.2. The number of carbonyl (C=O) groups excluding carboxylic acids is 1. The number of amides is 1. The van der Waals surface area contributed by atoms with Crippen LogP contribution in [-0.2, 0) is 25.0 Å². The molecule has 0 radical (unpaired) electrons. The number of halogens is 3. The van der Waals surface area contributed by atoms with Crippen LogP contribution in [0.15, 0.2) is 47.4 Å². The summed E-state index contributed by atoms with van der Waals surface area (Å²) in [4.78, 5) is 22.1. The van der Waals surface area contributed by atoms with Gasteiger partial charge in [0.2, 0.25) is 5.91 Å².